The van der Waals surface area contributed by atoms with Gasteiger partial charge in [0.1, 0.15) is 5.52 Å². The van der Waals surface area contributed by atoms with Gasteiger partial charge in [-0.1, -0.05) is 5.92 Å². The quantitative estimate of drug-likeness (QED) is 0.586. The molecule has 1 aliphatic rings. The molecule has 1 aliphatic heterocycles. The first-order valence-electron chi connectivity index (χ1n) is 9.99. The molecule has 1 amide bonds. The van der Waals surface area contributed by atoms with E-state index >= 15 is 0 Å². The molecule has 0 radical (unpaired) electrons. The van der Waals surface area contributed by atoms with Gasteiger partial charge in [0, 0.05) is 25.4 Å². The van der Waals surface area contributed by atoms with Gasteiger partial charge in [0.05, 0.1) is 49.6 Å². The summed E-state index contributed by atoms with van der Waals surface area (Å²) in [4.78, 5) is 17.7. The topological polar surface area (TPSA) is 86.8 Å². The van der Waals surface area contributed by atoms with Crippen LogP contribution < -0.4 is 4.74 Å². The van der Waals surface area contributed by atoms with Gasteiger partial charge in [-0.3, -0.25) is 9.48 Å². The van der Waals surface area contributed by atoms with Crippen molar-refractivity contribution in [1.82, 2.24) is 29.3 Å². The molecule has 0 aliphatic carbocycles. The van der Waals surface area contributed by atoms with Crippen molar-refractivity contribution in [3.63, 3.8) is 0 Å². The summed E-state index contributed by atoms with van der Waals surface area (Å²) in [6, 6.07) is 1.86. The number of methoxy groups -OCH3 is 1. The highest BCUT2D eigenvalue weighted by Gasteiger charge is 2.33. The zero-order valence-corrected chi connectivity index (χ0v) is 18.8. The molecule has 1 fully saturated rings. The number of hydrogen-bond acceptors (Lipinski definition) is 6. The predicted octanol–water partition coefficient (Wildman–Crippen LogP) is 2.17. The summed E-state index contributed by atoms with van der Waals surface area (Å²) in [5.74, 6) is 5.64. The number of nitrogens with zero attached hydrogens (tertiary/aromatic N) is 6. The number of aryl methyl sites for hydroxylation is 1. The molecule has 31 heavy (non-hydrogen) atoms. The van der Waals surface area contributed by atoms with Crippen molar-refractivity contribution >= 4 is 11.4 Å². The van der Waals surface area contributed by atoms with Crippen LogP contribution in [0.3, 0.4) is 0 Å². The lowest BCUT2D eigenvalue weighted by atomic mass is 10.1. The molecule has 0 N–H and O–H groups in total. The minimum atomic E-state index is -0.261. The van der Waals surface area contributed by atoms with E-state index in [2.05, 4.69) is 27.0 Å². The number of hydrogen-bond donors (Lipinski definition) is 0. The lowest BCUT2D eigenvalue weighted by Crippen LogP contribution is -2.53. The number of ether oxygens (including phenoxy) is 2. The van der Waals surface area contributed by atoms with Crippen molar-refractivity contribution in [2.75, 3.05) is 20.2 Å². The second-order valence-corrected chi connectivity index (χ2v) is 7.95. The molecule has 1 atom stereocenters. The molecule has 4 rings (SSSR count). The van der Waals surface area contributed by atoms with E-state index in [1.165, 1.54) is 0 Å². The Kier molecular flexibility index (Phi) is 6.61. The summed E-state index contributed by atoms with van der Waals surface area (Å²) in [6.07, 6.45) is 7.32. The van der Waals surface area contributed by atoms with Crippen LogP contribution in [0.15, 0.2) is 30.9 Å². The molecule has 0 spiro atoms. The van der Waals surface area contributed by atoms with Crippen LogP contribution in [0.4, 0.5) is 0 Å². The summed E-state index contributed by atoms with van der Waals surface area (Å²) in [5.41, 5.74) is 2.30. The largest absolute Gasteiger partial charge is 0.479 e. The second-order valence-electron chi connectivity index (χ2n) is 7.95. The van der Waals surface area contributed by atoms with Crippen molar-refractivity contribution in [2.45, 2.75) is 39.4 Å². The van der Waals surface area contributed by atoms with Crippen LogP contribution in [-0.4, -0.2) is 67.1 Å². The number of carbonyl (C=O) groups is 1. The zero-order chi connectivity index (χ0) is 22.6. The molecule has 1 saturated heterocycles. The Labute approximate surface area is 182 Å². The fourth-order valence-corrected chi connectivity index (χ4v) is 3.54. The van der Waals surface area contributed by atoms with Gasteiger partial charge in [-0.05, 0) is 39.7 Å². The molecule has 9 nitrogen and oxygen atoms in total. The molecule has 0 unspecified atom stereocenters. The fourth-order valence-electron chi connectivity index (χ4n) is 3.54. The standard InChI is InChI=1S/C11H11N5O.C11H17NO2/c1-15-6-8(5-13-15)9-7-16-10(3-4-12-16)11(14-9)17-2;1-5-6-10(13)12-7-9(2)14-11(3,4)8-12/h3-7H,1-2H3;9H,7-8H2,1-4H3/t;9-/m.1/s1. The second kappa shape index (κ2) is 9.18. The summed E-state index contributed by atoms with van der Waals surface area (Å²) >= 11 is 0. The Hall–Kier alpha value is -3.38. The van der Waals surface area contributed by atoms with Gasteiger partial charge in [-0.25, -0.2) is 9.50 Å². The van der Waals surface area contributed by atoms with Crippen molar-refractivity contribution in [3.8, 4) is 29.0 Å². The van der Waals surface area contributed by atoms with Crippen molar-refractivity contribution in [2.24, 2.45) is 7.05 Å². The van der Waals surface area contributed by atoms with Crippen molar-refractivity contribution in [3.05, 3.63) is 30.9 Å². The van der Waals surface area contributed by atoms with Crippen LogP contribution in [0.5, 0.6) is 5.88 Å². The fraction of sp³-hybridized carbons (Fsp3) is 0.455. The van der Waals surface area contributed by atoms with Gasteiger partial charge in [-0.15, -0.1) is 0 Å². The minimum absolute atomic E-state index is 0.0846. The number of rotatable bonds is 2. The van der Waals surface area contributed by atoms with Gasteiger partial charge in [-0.2, -0.15) is 10.2 Å². The van der Waals surface area contributed by atoms with E-state index in [1.54, 1.807) is 40.5 Å². The Morgan fingerprint density at radius 1 is 1.32 bits per heavy atom. The number of morpholine rings is 1. The monoisotopic (exact) mass is 424 g/mol. The van der Waals surface area contributed by atoms with Gasteiger partial charge in [0.15, 0.2) is 0 Å². The SMILES string of the molecule is CC#CC(=O)N1C[C@@H](C)OC(C)(C)C1.COc1nc(-c2cnn(C)c2)cn2nccc12. The molecular weight excluding hydrogens is 396 g/mol. The summed E-state index contributed by atoms with van der Waals surface area (Å²) in [5, 5.41) is 8.31. The third-order valence-electron chi connectivity index (χ3n) is 4.64. The summed E-state index contributed by atoms with van der Waals surface area (Å²) in [7, 11) is 3.47. The van der Waals surface area contributed by atoms with Gasteiger partial charge < -0.3 is 14.4 Å². The molecular formula is C22H28N6O3. The minimum Gasteiger partial charge on any atom is -0.479 e. The third kappa shape index (κ3) is 5.41. The number of fused-ring (bicyclic) bond motifs is 1. The molecule has 0 saturated carbocycles. The van der Waals surface area contributed by atoms with Crippen molar-refractivity contribution in [1.29, 1.82) is 0 Å². The normalized spacial score (nSPS) is 17.4. The highest BCUT2D eigenvalue weighted by molar-refractivity contribution is 5.93. The Balaban J connectivity index is 0.000000180. The van der Waals surface area contributed by atoms with Crippen molar-refractivity contribution < 1.29 is 14.3 Å². The maximum absolute atomic E-state index is 11.5. The molecule has 0 bridgehead atoms. The number of aromatic nitrogens is 5. The molecule has 9 heteroatoms. The molecule has 164 valence electrons. The first-order valence-corrected chi connectivity index (χ1v) is 9.99. The molecule has 4 heterocycles. The number of carbonyl (C=O) groups excluding carboxylic acids is 1. The highest BCUT2D eigenvalue weighted by atomic mass is 16.5. The first-order chi connectivity index (χ1) is 14.7. The van der Waals surface area contributed by atoms with Gasteiger partial charge in [0.2, 0.25) is 5.88 Å². The molecule has 3 aromatic rings. The van der Waals surface area contributed by atoms with Crippen LogP contribution in [0, 0.1) is 11.8 Å². The third-order valence-corrected chi connectivity index (χ3v) is 4.64. The van der Waals surface area contributed by atoms with Crippen LogP contribution in [0.25, 0.3) is 16.8 Å². The number of amides is 1. The molecule has 3 aromatic heterocycles. The maximum atomic E-state index is 11.5. The summed E-state index contributed by atoms with van der Waals surface area (Å²) < 4.78 is 14.4. The van der Waals surface area contributed by atoms with E-state index < -0.39 is 0 Å². The average Bonchev–Trinajstić information content (AvgIpc) is 3.35. The lowest BCUT2D eigenvalue weighted by molar-refractivity contribution is -0.153. The maximum Gasteiger partial charge on any atom is 0.298 e. The van der Waals surface area contributed by atoms with Crippen LogP contribution >= 0.6 is 0 Å². The van der Waals surface area contributed by atoms with E-state index in [0.717, 1.165) is 16.8 Å². The van der Waals surface area contributed by atoms with Gasteiger partial charge >= 0.3 is 0 Å². The van der Waals surface area contributed by atoms with E-state index in [4.69, 9.17) is 9.47 Å². The lowest BCUT2D eigenvalue weighted by Gasteiger charge is -2.40. The first kappa shape index (κ1) is 22.3. The molecule has 0 aromatic carbocycles. The van der Waals surface area contributed by atoms with Crippen LogP contribution in [0.2, 0.25) is 0 Å². The van der Waals surface area contributed by atoms with E-state index in [-0.39, 0.29) is 17.6 Å². The predicted molar refractivity (Wildman–Crippen MR) is 116 cm³/mol. The average molecular weight is 425 g/mol. The van der Waals surface area contributed by atoms with Crippen LogP contribution in [-0.2, 0) is 16.6 Å². The smallest absolute Gasteiger partial charge is 0.298 e. The zero-order valence-electron chi connectivity index (χ0n) is 18.8. The van der Waals surface area contributed by atoms with Crippen LogP contribution in [0.1, 0.15) is 27.7 Å². The van der Waals surface area contributed by atoms with E-state index in [9.17, 15) is 4.79 Å². The Morgan fingerprint density at radius 3 is 2.71 bits per heavy atom. The Bertz CT molecular complexity index is 1120. The summed E-state index contributed by atoms with van der Waals surface area (Å²) in [6.45, 7) is 8.87. The van der Waals surface area contributed by atoms with Gasteiger partial charge in [0.25, 0.3) is 5.91 Å². The highest BCUT2D eigenvalue weighted by Crippen LogP contribution is 2.23. The van der Waals surface area contributed by atoms with E-state index in [1.807, 2.05) is 46.3 Å². The Morgan fingerprint density at radius 2 is 2.10 bits per heavy atom. The van der Waals surface area contributed by atoms with E-state index in [0.29, 0.717) is 19.0 Å².